The van der Waals surface area contributed by atoms with Crippen LogP contribution < -0.4 is 14.2 Å². The molecule has 0 fully saturated rings. The van der Waals surface area contributed by atoms with Crippen LogP contribution >= 0.6 is 11.6 Å². The molecule has 0 saturated heterocycles. The predicted octanol–water partition coefficient (Wildman–Crippen LogP) is 2.89. The topological polar surface area (TPSA) is 94.7 Å². The van der Waals surface area contributed by atoms with E-state index in [1.165, 1.54) is 26.4 Å². The molecule has 0 saturated carbocycles. The average molecular weight is 390 g/mol. The first-order chi connectivity index (χ1) is 12.9. The van der Waals surface area contributed by atoms with Crippen LogP contribution in [-0.4, -0.2) is 42.7 Å². The number of methoxy groups -OCH3 is 2. The minimum Gasteiger partial charge on any atom is -0.496 e. The number of aldehydes is 1. The Morgan fingerprint density at radius 2 is 1.93 bits per heavy atom. The van der Waals surface area contributed by atoms with Crippen molar-refractivity contribution in [1.29, 1.82) is 0 Å². The van der Waals surface area contributed by atoms with Gasteiger partial charge in [0, 0.05) is 23.2 Å². The fourth-order valence-electron chi connectivity index (χ4n) is 3.90. The Kier molecular flexibility index (Phi) is 3.82. The van der Waals surface area contributed by atoms with Gasteiger partial charge in [0.25, 0.3) is 0 Å². The zero-order valence-electron chi connectivity index (χ0n) is 14.8. The number of carbonyl (C=O) groups excluding carboxylic acids is 3. The normalized spacial score (nSPS) is 23.0. The Bertz CT molecular complexity index is 1010. The Labute approximate surface area is 159 Å². The third-order valence-electron chi connectivity index (χ3n) is 5.25. The number of nitrogens with one attached hydrogen (secondary N) is 1. The molecule has 1 N–H and O–H groups in total. The summed E-state index contributed by atoms with van der Waals surface area (Å²) in [5.74, 6) is -0.912. The molecule has 4 rings (SSSR count). The molecule has 0 radical (unpaired) electrons. The van der Waals surface area contributed by atoms with Gasteiger partial charge in [0.05, 0.1) is 19.9 Å². The fraction of sp³-hybridized carbons (Fsp3) is 0.316. The van der Waals surface area contributed by atoms with Crippen molar-refractivity contribution in [3.63, 3.8) is 0 Å². The van der Waals surface area contributed by atoms with Gasteiger partial charge >= 0.3 is 0 Å². The first-order valence-electron chi connectivity index (χ1n) is 8.29. The minimum atomic E-state index is -1.75. The van der Waals surface area contributed by atoms with Gasteiger partial charge in [-0.1, -0.05) is 18.5 Å². The Hall–Kier alpha value is -2.80. The number of hydrogen-bond acceptors (Lipinski definition) is 6. The zero-order chi connectivity index (χ0) is 19.5. The maximum Gasteiger partial charge on any atom is 0.236 e. The summed E-state index contributed by atoms with van der Waals surface area (Å²) in [5, 5.41) is 0.104. The van der Waals surface area contributed by atoms with E-state index in [0.717, 1.165) is 0 Å². The highest BCUT2D eigenvalue weighted by molar-refractivity contribution is 6.36. The summed E-state index contributed by atoms with van der Waals surface area (Å²) in [6.07, 6.45) is 0.992. The largest absolute Gasteiger partial charge is 0.496 e. The Morgan fingerprint density at radius 1 is 1.22 bits per heavy atom. The molecule has 2 heterocycles. The highest BCUT2D eigenvalue weighted by Crippen LogP contribution is 2.53. The molecule has 1 aromatic heterocycles. The number of hydrogen-bond donors (Lipinski definition) is 1. The minimum absolute atomic E-state index is 0.0765. The molecule has 140 valence electrons. The van der Waals surface area contributed by atoms with Gasteiger partial charge < -0.3 is 19.2 Å². The van der Waals surface area contributed by atoms with E-state index in [1.807, 2.05) is 0 Å². The van der Waals surface area contributed by atoms with Crippen molar-refractivity contribution in [2.75, 3.05) is 14.2 Å². The van der Waals surface area contributed by atoms with E-state index in [-0.39, 0.29) is 39.1 Å². The maximum atomic E-state index is 13.4. The number of Topliss-reactive ketones (excluding diaryl/α,β-unsaturated/α-hetero) is 2. The van der Waals surface area contributed by atoms with Crippen LogP contribution in [0.25, 0.3) is 0 Å². The van der Waals surface area contributed by atoms with E-state index >= 15 is 0 Å². The van der Waals surface area contributed by atoms with Gasteiger partial charge in [-0.05, 0) is 12.5 Å². The summed E-state index contributed by atoms with van der Waals surface area (Å²) in [6, 6.07) is 2.93. The van der Waals surface area contributed by atoms with Crippen LogP contribution in [0.1, 0.15) is 43.8 Å². The summed E-state index contributed by atoms with van der Waals surface area (Å²) in [6.45, 7) is 1.75. The lowest BCUT2D eigenvalue weighted by Crippen LogP contribution is -2.56. The standard InChI is InChI=1S/C19H16ClNO6/c1-8-4-11-10(5-9(7-22)21-11)17(23)19(8)18(24)14-12(25-2)6-13(26-3)15(20)16(14)27-19/h5-8,21H,4H2,1-3H3/t8-,19+/m1/s1. The van der Waals surface area contributed by atoms with Crippen molar-refractivity contribution < 1.29 is 28.6 Å². The maximum absolute atomic E-state index is 13.4. The first kappa shape index (κ1) is 17.6. The lowest BCUT2D eigenvalue weighted by Gasteiger charge is -2.35. The van der Waals surface area contributed by atoms with Crippen molar-refractivity contribution in [3.05, 3.63) is 39.7 Å². The third kappa shape index (κ3) is 2.12. The number of ether oxygens (including phenoxy) is 3. The smallest absolute Gasteiger partial charge is 0.236 e. The van der Waals surface area contributed by atoms with Crippen LogP contribution in [0.3, 0.4) is 0 Å². The Balaban J connectivity index is 1.92. The zero-order valence-corrected chi connectivity index (χ0v) is 15.6. The molecular formula is C19H16ClNO6. The van der Waals surface area contributed by atoms with Crippen molar-refractivity contribution in [3.8, 4) is 17.2 Å². The van der Waals surface area contributed by atoms with E-state index < -0.39 is 23.1 Å². The van der Waals surface area contributed by atoms with E-state index in [2.05, 4.69) is 4.98 Å². The number of carbonyl (C=O) groups is 3. The van der Waals surface area contributed by atoms with Crippen LogP contribution in [-0.2, 0) is 6.42 Å². The molecule has 1 aliphatic carbocycles. The van der Waals surface area contributed by atoms with Gasteiger partial charge in [-0.2, -0.15) is 0 Å². The van der Waals surface area contributed by atoms with E-state index in [0.29, 0.717) is 18.4 Å². The van der Waals surface area contributed by atoms with Gasteiger partial charge in [-0.15, -0.1) is 0 Å². The van der Waals surface area contributed by atoms with E-state index in [1.54, 1.807) is 6.92 Å². The molecule has 7 nitrogen and oxygen atoms in total. The number of aromatic amines is 1. The summed E-state index contributed by atoms with van der Waals surface area (Å²) >= 11 is 6.35. The average Bonchev–Trinajstić information content (AvgIpc) is 3.21. The van der Waals surface area contributed by atoms with Crippen LogP contribution in [0.4, 0.5) is 0 Å². The third-order valence-corrected chi connectivity index (χ3v) is 5.61. The summed E-state index contributed by atoms with van der Waals surface area (Å²) in [4.78, 5) is 40.7. The SMILES string of the molecule is COc1cc(OC)c2c(c1Cl)O[C@@]1(C(=O)c3cc(C=O)[nH]c3C[C@H]1C)C2=O. The van der Waals surface area contributed by atoms with Gasteiger partial charge in [-0.25, -0.2) is 0 Å². The molecule has 1 spiro atoms. The van der Waals surface area contributed by atoms with Crippen LogP contribution in [0.2, 0.25) is 5.02 Å². The number of aromatic nitrogens is 1. The quantitative estimate of drug-likeness (QED) is 0.640. The number of H-pyrrole nitrogens is 1. The van der Waals surface area contributed by atoms with Crippen LogP contribution in [0.5, 0.6) is 17.2 Å². The van der Waals surface area contributed by atoms with E-state index in [4.69, 9.17) is 25.8 Å². The van der Waals surface area contributed by atoms with Crippen molar-refractivity contribution in [1.82, 2.24) is 4.98 Å². The second-order valence-corrected chi connectivity index (χ2v) is 7.01. The molecular weight excluding hydrogens is 374 g/mol. The molecule has 0 unspecified atom stereocenters. The molecule has 2 aliphatic rings. The number of ketones is 2. The summed E-state index contributed by atoms with van der Waals surface area (Å²) in [7, 11) is 2.84. The van der Waals surface area contributed by atoms with Crippen LogP contribution in [0, 0.1) is 5.92 Å². The van der Waals surface area contributed by atoms with Crippen molar-refractivity contribution >= 4 is 29.5 Å². The number of benzene rings is 1. The van der Waals surface area contributed by atoms with Gasteiger partial charge in [0.1, 0.15) is 22.1 Å². The van der Waals surface area contributed by atoms with Gasteiger partial charge in [0.2, 0.25) is 17.2 Å². The highest BCUT2D eigenvalue weighted by atomic mass is 35.5. The molecule has 8 heteroatoms. The van der Waals surface area contributed by atoms with Gasteiger partial charge in [-0.3, -0.25) is 14.4 Å². The number of fused-ring (bicyclic) bond motifs is 2. The first-order valence-corrected chi connectivity index (χ1v) is 8.67. The molecule has 2 atom stereocenters. The monoisotopic (exact) mass is 389 g/mol. The second kappa shape index (κ2) is 5.85. The highest BCUT2D eigenvalue weighted by Gasteiger charge is 2.62. The molecule has 1 aliphatic heterocycles. The second-order valence-electron chi connectivity index (χ2n) is 6.64. The molecule has 0 amide bonds. The summed E-state index contributed by atoms with van der Waals surface area (Å²) in [5.41, 5.74) is -0.460. The summed E-state index contributed by atoms with van der Waals surface area (Å²) < 4.78 is 16.5. The fourth-order valence-corrected chi connectivity index (χ4v) is 4.16. The molecule has 2 aromatic rings. The van der Waals surface area contributed by atoms with Crippen molar-refractivity contribution in [2.24, 2.45) is 5.92 Å². The lowest BCUT2D eigenvalue weighted by atomic mass is 9.71. The molecule has 1 aromatic carbocycles. The van der Waals surface area contributed by atoms with Crippen LogP contribution in [0.15, 0.2) is 12.1 Å². The van der Waals surface area contributed by atoms with Gasteiger partial charge in [0.15, 0.2) is 12.0 Å². The number of rotatable bonds is 3. The van der Waals surface area contributed by atoms with Crippen molar-refractivity contribution in [2.45, 2.75) is 18.9 Å². The molecule has 0 bridgehead atoms. The predicted molar refractivity (Wildman–Crippen MR) is 95.6 cm³/mol. The molecule has 27 heavy (non-hydrogen) atoms. The Morgan fingerprint density at radius 3 is 2.56 bits per heavy atom. The lowest BCUT2D eigenvalue weighted by molar-refractivity contribution is 0.0258. The van der Waals surface area contributed by atoms with E-state index in [9.17, 15) is 14.4 Å². The number of halogens is 1.